The Hall–Kier alpha value is -1.43. The minimum Gasteiger partial charge on any atom is -0.305 e. The molecule has 2 aromatic rings. The molecule has 0 saturated heterocycles. The first-order valence-electron chi connectivity index (χ1n) is 5.18. The third kappa shape index (κ3) is 2.31. The molecule has 0 aliphatic rings. The van der Waals surface area contributed by atoms with Gasteiger partial charge in [-0.05, 0) is 36.7 Å². The third-order valence-electron chi connectivity index (χ3n) is 2.31. The molecule has 5 nitrogen and oxygen atoms in total. The lowest BCUT2D eigenvalue weighted by Gasteiger charge is -2.22. The topological polar surface area (TPSA) is 52.7 Å². The third-order valence-corrected chi connectivity index (χ3v) is 2.72. The van der Waals surface area contributed by atoms with Crippen LogP contribution in [0.5, 0.6) is 0 Å². The van der Waals surface area contributed by atoms with Crippen molar-refractivity contribution in [2.45, 2.75) is 26.3 Å². The van der Waals surface area contributed by atoms with Crippen molar-refractivity contribution in [2.24, 2.45) is 0 Å². The summed E-state index contributed by atoms with van der Waals surface area (Å²) in [6.07, 6.45) is 6.62. The highest BCUT2D eigenvalue weighted by molar-refractivity contribution is 9.10. The molecule has 2 aromatic heterocycles. The molecule has 0 aliphatic carbocycles. The minimum absolute atomic E-state index is 0.157. The summed E-state index contributed by atoms with van der Waals surface area (Å²) in [4.78, 5) is 16.3. The molecule has 90 valence electrons. The number of hydrogen-bond acceptors (Lipinski definition) is 3. The van der Waals surface area contributed by atoms with Crippen LogP contribution in [-0.4, -0.2) is 19.3 Å². The fraction of sp³-hybridized carbons (Fsp3) is 0.364. The number of hydrogen-bond donors (Lipinski definition) is 0. The first-order chi connectivity index (χ1) is 7.89. The predicted molar refractivity (Wildman–Crippen MR) is 68.3 cm³/mol. The summed E-state index contributed by atoms with van der Waals surface area (Å²) in [7, 11) is 0. The van der Waals surface area contributed by atoms with Crippen molar-refractivity contribution >= 4 is 15.9 Å². The Morgan fingerprint density at radius 2 is 2.06 bits per heavy atom. The van der Waals surface area contributed by atoms with Crippen LogP contribution in [0.2, 0.25) is 0 Å². The van der Waals surface area contributed by atoms with Gasteiger partial charge in [-0.25, -0.2) is 9.67 Å². The van der Waals surface area contributed by atoms with Gasteiger partial charge in [0.2, 0.25) is 5.82 Å². The Morgan fingerprint density at radius 3 is 2.59 bits per heavy atom. The van der Waals surface area contributed by atoms with Gasteiger partial charge in [0.1, 0.15) is 0 Å². The van der Waals surface area contributed by atoms with Gasteiger partial charge in [-0.15, -0.1) is 0 Å². The molecule has 2 heterocycles. The first-order valence-corrected chi connectivity index (χ1v) is 5.97. The lowest BCUT2D eigenvalue weighted by molar-refractivity contribution is 0.381. The van der Waals surface area contributed by atoms with Crippen molar-refractivity contribution < 1.29 is 0 Å². The van der Waals surface area contributed by atoms with E-state index in [4.69, 9.17) is 0 Å². The number of aromatic nitrogens is 4. The van der Waals surface area contributed by atoms with Gasteiger partial charge < -0.3 is 4.57 Å². The highest BCUT2D eigenvalue weighted by Gasteiger charge is 2.17. The van der Waals surface area contributed by atoms with E-state index in [1.165, 1.54) is 4.68 Å². The van der Waals surface area contributed by atoms with Gasteiger partial charge in [-0.3, -0.25) is 4.79 Å². The molecule has 0 aliphatic heterocycles. The van der Waals surface area contributed by atoms with E-state index in [9.17, 15) is 4.79 Å². The molecule has 2 rings (SSSR count). The summed E-state index contributed by atoms with van der Waals surface area (Å²) >= 11 is 3.29. The van der Waals surface area contributed by atoms with Crippen LogP contribution in [0.1, 0.15) is 20.8 Å². The fourth-order valence-corrected chi connectivity index (χ4v) is 1.79. The predicted octanol–water partition coefficient (Wildman–Crippen LogP) is 1.95. The fourth-order valence-electron chi connectivity index (χ4n) is 1.50. The van der Waals surface area contributed by atoms with Crippen LogP contribution in [0.4, 0.5) is 0 Å². The van der Waals surface area contributed by atoms with E-state index in [2.05, 4.69) is 26.0 Å². The Bertz CT molecular complexity index is 594. The molecule has 0 atom stereocenters. The zero-order valence-corrected chi connectivity index (χ0v) is 11.5. The number of nitrogens with zero attached hydrogens (tertiary/aromatic N) is 4. The van der Waals surface area contributed by atoms with Gasteiger partial charge >= 0.3 is 0 Å². The Labute approximate surface area is 107 Å². The van der Waals surface area contributed by atoms with Crippen LogP contribution < -0.4 is 5.56 Å². The molecule has 0 unspecified atom stereocenters. The Kier molecular flexibility index (Phi) is 2.91. The molecule has 0 saturated carbocycles. The first kappa shape index (κ1) is 12.0. The van der Waals surface area contributed by atoms with Crippen LogP contribution in [0, 0.1) is 0 Å². The van der Waals surface area contributed by atoms with Crippen LogP contribution in [-0.2, 0) is 5.54 Å². The van der Waals surface area contributed by atoms with Gasteiger partial charge in [-0.1, -0.05) is 0 Å². The van der Waals surface area contributed by atoms with Gasteiger partial charge in [0.25, 0.3) is 5.56 Å². The molecule has 0 N–H and O–H groups in total. The summed E-state index contributed by atoms with van der Waals surface area (Å²) in [6.45, 7) is 5.91. The number of halogens is 1. The van der Waals surface area contributed by atoms with Gasteiger partial charge in [0.05, 0.1) is 10.7 Å². The van der Waals surface area contributed by atoms with Crippen LogP contribution >= 0.6 is 15.9 Å². The molecule has 0 aromatic carbocycles. The lowest BCUT2D eigenvalue weighted by Crippen LogP contribution is -2.35. The minimum atomic E-state index is -0.279. The van der Waals surface area contributed by atoms with Crippen LogP contribution in [0.25, 0.3) is 5.82 Å². The molecular weight excluding hydrogens is 284 g/mol. The smallest absolute Gasteiger partial charge is 0.296 e. The Morgan fingerprint density at radius 1 is 1.35 bits per heavy atom. The lowest BCUT2D eigenvalue weighted by atomic mass is 10.1. The molecule has 0 amide bonds. The van der Waals surface area contributed by atoms with E-state index in [0.29, 0.717) is 5.82 Å². The van der Waals surface area contributed by atoms with Crippen LogP contribution in [0.15, 0.2) is 34.1 Å². The Balaban J connectivity index is 2.62. The van der Waals surface area contributed by atoms with E-state index in [1.807, 2.05) is 20.8 Å². The van der Waals surface area contributed by atoms with Gasteiger partial charge in [0, 0.05) is 24.1 Å². The van der Waals surface area contributed by atoms with Crippen LogP contribution in [0.3, 0.4) is 0 Å². The molecule has 6 heteroatoms. The van der Waals surface area contributed by atoms with Gasteiger partial charge in [0.15, 0.2) is 0 Å². The maximum atomic E-state index is 12.2. The standard InChI is InChI=1S/C11H13BrN4O/c1-11(2,3)15-5-4-13-9(10(15)17)16-7-8(12)6-14-16/h4-7H,1-3H3. The summed E-state index contributed by atoms with van der Waals surface area (Å²) in [5, 5.41) is 4.06. The van der Waals surface area contributed by atoms with Crippen molar-refractivity contribution in [1.82, 2.24) is 19.3 Å². The maximum absolute atomic E-state index is 12.2. The summed E-state index contributed by atoms with van der Waals surface area (Å²) in [5.41, 5.74) is -0.435. The quantitative estimate of drug-likeness (QED) is 0.808. The summed E-state index contributed by atoms with van der Waals surface area (Å²) < 4.78 is 3.92. The molecule has 0 bridgehead atoms. The zero-order valence-electron chi connectivity index (χ0n) is 9.88. The second kappa shape index (κ2) is 4.10. The van der Waals surface area contributed by atoms with Crippen molar-refractivity contribution in [3.05, 3.63) is 39.6 Å². The summed E-state index contributed by atoms with van der Waals surface area (Å²) in [6, 6.07) is 0. The van der Waals surface area contributed by atoms with Crippen molar-refractivity contribution in [3.63, 3.8) is 0 Å². The SMILES string of the molecule is CC(C)(C)n1ccnc(-n2cc(Br)cn2)c1=O. The van der Waals surface area contributed by atoms with E-state index >= 15 is 0 Å². The second-order valence-corrected chi connectivity index (χ2v) is 5.62. The average Bonchev–Trinajstić information content (AvgIpc) is 2.63. The number of rotatable bonds is 1. The van der Waals surface area contributed by atoms with Gasteiger partial charge in [-0.2, -0.15) is 5.10 Å². The monoisotopic (exact) mass is 296 g/mol. The highest BCUT2D eigenvalue weighted by atomic mass is 79.9. The van der Waals surface area contributed by atoms with E-state index < -0.39 is 0 Å². The summed E-state index contributed by atoms with van der Waals surface area (Å²) in [5.74, 6) is 0.299. The van der Waals surface area contributed by atoms with Crippen molar-refractivity contribution in [3.8, 4) is 5.82 Å². The molecular formula is C11H13BrN4O. The zero-order chi connectivity index (χ0) is 12.6. The van der Waals surface area contributed by atoms with Crippen molar-refractivity contribution in [2.75, 3.05) is 0 Å². The van der Waals surface area contributed by atoms with E-state index in [0.717, 1.165) is 4.47 Å². The molecule has 0 radical (unpaired) electrons. The molecule has 17 heavy (non-hydrogen) atoms. The highest BCUT2D eigenvalue weighted by Crippen LogP contribution is 2.12. The second-order valence-electron chi connectivity index (χ2n) is 4.70. The maximum Gasteiger partial charge on any atom is 0.296 e. The molecule has 0 fully saturated rings. The largest absolute Gasteiger partial charge is 0.305 e. The average molecular weight is 297 g/mol. The van der Waals surface area contributed by atoms with Crippen molar-refractivity contribution in [1.29, 1.82) is 0 Å². The van der Waals surface area contributed by atoms with E-state index in [1.54, 1.807) is 29.4 Å². The normalized spacial score (nSPS) is 11.8. The molecule has 0 spiro atoms. The van der Waals surface area contributed by atoms with E-state index in [-0.39, 0.29) is 11.1 Å².